The third-order valence-electron chi connectivity index (χ3n) is 8.15. The monoisotopic (exact) mass is 579 g/mol. The van der Waals surface area contributed by atoms with Crippen LogP contribution >= 0.6 is 0 Å². The summed E-state index contributed by atoms with van der Waals surface area (Å²) in [6, 6.07) is 24.2. The minimum atomic E-state index is -1.86. The molecule has 6 rings (SSSR count). The molecular weight excluding hydrogens is 546 g/mol. The van der Waals surface area contributed by atoms with E-state index in [2.05, 4.69) is 10.3 Å². The van der Waals surface area contributed by atoms with Gasteiger partial charge in [-0.05, 0) is 42.3 Å². The van der Waals surface area contributed by atoms with Gasteiger partial charge in [-0.2, -0.15) is 0 Å². The Morgan fingerprint density at radius 3 is 2.47 bits per heavy atom. The van der Waals surface area contributed by atoms with Gasteiger partial charge < -0.3 is 14.9 Å². The van der Waals surface area contributed by atoms with Gasteiger partial charge in [0.1, 0.15) is 6.61 Å². The number of fused-ring (bicyclic) bond motifs is 1. The van der Waals surface area contributed by atoms with Crippen LogP contribution in [0.3, 0.4) is 0 Å². The number of hydrogen-bond acceptors (Lipinski definition) is 7. The van der Waals surface area contributed by atoms with Gasteiger partial charge in [0.15, 0.2) is 5.60 Å². The number of para-hydroxylation sites is 1. The maximum Gasteiger partial charge on any atom is 0.414 e. The SMILES string of the molecule is C[C@@H](/C=C/CCn1cc(C(CO)c2ccccc2)nn1)[C@]1(O)C(=O)N(c2ccccc2)c2ccc(N3CCOC3=O)cc21. The van der Waals surface area contributed by atoms with Crippen LogP contribution in [-0.2, 0) is 21.7 Å². The van der Waals surface area contributed by atoms with Crippen molar-refractivity contribution in [3.8, 4) is 0 Å². The van der Waals surface area contributed by atoms with Crippen molar-refractivity contribution < 1.29 is 24.5 Å². The van der Waals surface area contributed by atoms with E-state index in [0.717, 1.165) is 5.56 Å². The maximum absolute atomic E-state index is 14.0. The number of allylic oxidation sites excluding steroid dienone is 1. The fraction of sp³-hybridized carbons (Fsp3) is 0.273. The van der Waals surface area contributed by atoms with Gasteiger partial charge >= 0.3 is 6.09 Å². The fourth-order valence-corrected chi connectivity index (χ4v) is 5.77. The number of nitrogens with zero attached hydrogens (tertiary/aromatic N) is 5. The Balaban J connectivity index is 1.22. The van der Waals surface area contributed by atoms with Gasteiger partial charge in [-0.1, -0.05) is 72.8 Å². The number of ether oxygens (including phenoxy) is 1. The number of carbonyl (C=O) groups excluding carboxylic acids is 2. The minimum absolute atomic E-state index is 0.0745. The van der Waals surface area contributed by atoms with Crippen LogP contribution in [0.1, 0.15) is 36.1 Å². The predicted octanol–water partition coefficient (Wildman–Crippen LogP) is 4.51. The van der Waals surface area contributed by atoms with E-state index in [1.54, 1.807) is 22.9 Å². The zero-order valence-corrected chi connectivity index (χ0v) is 23.8. The van der Waals surface area contributed by atoms with Gasteiger partial charge in [0.25, 0.3) is 5.91 Å². The number of anilines is 3. The third-order valence-corrected chi connectivity index (χ3v) is 8.15. The standard InChI is InChI=1S/C33H33N5O5/c1-23(10-8-9-17-36-21-29(34-35-36)27(22-39)24-11-4-2-5-12-24)33(42)28-20-26(37-18-19-43-32(37)41)15-16-30(28)38(31(33)40)25-13-6-3-7-14-25/h2-8,10-16,20-21,23,27,39,42H,9,17-19,22H2,1H3/b10-8+/t23-,27?,33+/m0/s1. The summed E-state index contributed by atoms with van der Waals surface area (Å²) in [5, 5.41) is 30.6. The molecule has 2 N–H and O–H groups in total. The minimum Gasteiger partial charge on any atom is -0.447 e. The van der Waals surface area contributed by atoms with Gasteiger partial charge in [-0.25, -0.2) is 4.79 Å². The first kappa shape index (κ1) is 28.3. The smallest absolute Gasteiger partial charge is 0.414 e. The van der Waals surface area contributed by atoms with Crippen LogP contribution in [0, 0.1) is 5.92 Å². The van der Waals surface area contributed by atoms with Crippen molar-refractivity contribution in [3.05, 3.63) is 114 Å². The van der Waals surface area contributed by atoms with Gasteiger partial charge in [0.2, 0.25) is 0 Å². The van der Waals surface area contributed by atoms with Crippen molar-refractivity contribution in [2.24, 2.45) is 5.92 Å². The lowest BCUT2D eigenvalue weighted by molar-refractivity contribution is -0.138. The third kappa shape index (κ3) is 5.19. The maximum atomic E-state index is 14.0. The van der Waals surface area contributed by atoms with E-state index in [1.165, 1.54) is 9.80 Å². The molecule has 1 unspecified atom stereocenters. The largest absolute Gasteiger partial charge is 0.447 e. The first-order chi connectivity index (χ1) is 20.9. The zero-order chi connectivity index (χ0) is 30.0. The lowest BCUT2D eigenvalue weighted by Crippen LogP contribution is -2.42. The Morgan fingerprint density at radius 1 is 1.02 bits per heavy atom. The second kappa shape index (κ2) is 11.8. The molecule has 10 nitrogen and oxygen atoms in total. The first-order valence-electron chi connectivity index (χ1n) is 14.3. The van der Waals surface area contributed by atoms with Gasteiger partial charge in [-0.15, -0.1) is 5.10 Å². The van der Waals surface area contributed by atoms with E-state index in [-0.39, 0.29) is 19.1 Å². The van der Waals surface area contributed by atoms with Crippen molar-refractivity contribution >= 4 is 29.1 Å². The van der Waals surface area contributed by atoms with E-state index in [1.807, 2.05) is 85.9 Å². The number of benzene rings is 3. The van der Waals surface area contributed by atoms with Gasteiger partial charge in [-0.3, -0.25) is 19.3 Å². The highest BCUT2D eigenvalue weighted by atomic mass is 16.6. The summed E-state index contributed by atoms with van der Waals surface area (Å²) in [4.78, 5) is 29.3. The zero-order valence-electron chi connectivity index (χ0n) is 23.8. The second-order valence-corrected chi connectivity index (χ2v) is 10.8. The summed E-state index contributed by atoms with van der Waals surface area (Å²) >= 11 is 0. The molecule has 2 aliphatic heterocycles. The van der Waals surface area contributed by atoms with Crippen molar-refractivity contribution in [1.82, 2.24) is 15.0 Å². The van der Waals surface area contributed by atoms with Crippen molar-refractivity contribution in [1.29, 1.82) is 0 Å². The number of aliphatic hydroxyl groups excluding tert-OH is 1. The summed E-state index contributed by atoms with van der Waals surface area (Å²) in [6.07, 6.45) is 5.72. The number of amides is 2. The number of aryl methyl sites for hydroxylation is 1. The molecule has 1 saturated heterocycles. The van der Waals surface area contributed by atoms with E-state index in [0.29, 0.717) is 47.8 Å². The summed E-state index contributed by atoms with van der Waals surface area (Å²) in [5.41, 5.74) is 2.02. The Bertz CT molecular complexity index is 1640. The molecule has 0 radical (unpaired) electrons. The Hall–Kier alpha value is -4.80. The highest BCUT2D eigenvalue weighted by Crippen LogP contribution is 2.49. The molecule has 220 valence electrons. The molecule has 10 heteroatoms. The summed E-state index contributed by atoms with van der Waals surface area (Å²) in [6.45, 7) is 2.95. The van der Waals surface area contributed by atoms with Crippen molar-refractivity contribution in [2.75, 3.05) is 29.6 Å². The lowest BCUT2D eigenvalue weighted by Gasteiger charge is -2.28. The highest BCUT2D eigenvalue weighted by Gasteiger charge is 2.53. The molecule has 2 amide bonds. The Kier molecular flexibility index (Phi) is 7.79. The molecule has 43 heavy (non-hydrogen) atoms. The topological polar surface area (TPSA) is 121 Å². The van der Waals surface area contributed by atoms with Crippen LogP contribution in [0.5, 0.6) is 0 Å². The van der Waals surface area contributed by atoms with Gasteiger partial charge in [0.05, 0.1) is 30.5 Å². The van der Waals surface area contributed by atoms with Crippen LogP contribution in [0.2, 0.25) is 0 Å². The average Bonchev–Trinajstić information content (AvgIpc) is 3.74. The molecule has 0 spiro atoms. The molecule has 2 aliphatic rings. The fourth-order valence-electron chi connectivity index (χ4n) is 5.77. The van der Waals surface area contributed by atoms with E-state index in [9.17, 15) is 19.8 Å². The Labute approximate surface area is 249 Å². The van der Waals surface area contributed by atoms with Crippen LogP contribution < -0.4 is 9.80 Å². The number of rotatable bonds is 10. The molecule has 0 saturated carbocycles. The van der Waals surface area contributed by atoms with Crippen LogP contribution in [0.4, 0.5) is 21.9 Å². The molecule has 3 aromatic carbocycles. The van der Waals surface area contributed by atoms with Crippen LogP contribution in [0.15, 0.2) is 97.2 Å². The molecule has 4 aromatic rings. The normalized spacial score (nSPS) is 19.6. The first-order valence-corrected chi connectivity index (χ1v) is 14.3. The molecular formula is C33H33N5O5. The Morgan fingerprint density at radius 2 is 1.77 bits per heavy atom. The molecule has 0 bridgehead atoms. The van der Waals surface area contributed by atoms with Crippen LogP contribution in [-0.4, -0.2) is 57.0 Å². The number of aromatic nitrogens is 3. The number of cyclic esters (lactones) is 1. The summed E-state index contributed by atoms with van der Waals surface area (Å²) < 4.78 is 6.83. The van der Waals surface area contributed by atoms with Gasteiger partial charge in [0, 0.05) is 35.6 Å². The molecule has 0 aliphatic carbocycles. The second-order valence-electron chi connectivity index (χ2n) is 10.8. The summed E-state index contributed by atoms with van der Waals surface area (Å²) in [7, 11) is 0. The summed E-state index contributed by atoms with van der Waals surface area (Å²) in [5.74, 6) is -1.30. The van der Waals surface area contributed by atoms with E-state index < -0.39 is 23.5 Å². The quantitative estimate of drug-likeness (QED) is 0.265. The van der Waals surface area contributed by atoms with Crippen molar-refractivity contribution in [3.63, 3.8) is 0 Å². The number of carbonyl (C=O) groups is 2. The van der Waals surface area contributed by atoms with E-state index >= 15 is 0 Å². The molecule has 1 aromatic heterocycles. The van der Waals surface area contributed by atoms with Crippen LogP contribution in [0.25, 0.3) is 0 Å². The molecule has 3 atom stereocenters. The average molecular weight is 580 g/mol. The molecule has 1 fully saturated rings. The molecule has 3 heterocycles. The number of hydrogen-bond donors (Lipinski definition) is 2. The number of aliphatic hydroxyl groups is 2. The predicted molar refractivity (Wildman–Crippen MR) is 161 cm³/mol. The van der Waals surface area contributed by atoms with Crippen molar-refractivity contribution in [2.45, 2.75) is 31.4 Å². The van der Waals surface area contributed by atoms with E-state index in [4.69, 9.17) is 4.74 Å². The lowest BCUT2D eigenvalue weighted by atomic mass is 9.82. The highest BCUT2D eigenvalue weighted by molar-refractivity contribution is 6.12.